The minimum atomic E-state index is -0.181. The number of para-hydroxylation sites is 3. The Morgan fingerprint density at radius 1 is 1.16 bits per heavy atom. The van der Waals surface area contributed by atoms with Crippen molar-refractivity contribution >= 4 is 34.3 Å². The fourth-order valence-corrected chi connectivity index (χ4v) is 3.99. The molecule has 1 amide bonds. The maximum Gasteiger partial charge on any atom is 0.262 e. The molecule has 0 aliphatic carbocycles. The maximum atomic E-state index is 13.1. The molecule has 8 heteroatoms. The van der Waals surface area contributed by atoms with Crippen LogP contribution < -0.4 is 15.6 Å². The van der Waals surface area contributed by atoms with Crippen LogP contribution in [-0.4, -0.2) is 53.4 Å². The van der Waals surface area contributed by atoms with Crippen LogP contribution in [0.25, 0.3) is 10.9 Å². The van der Waals surface area contributed by atoms with Crippen molar-refractivity contribution in [2.45, 2.75) is 25.0 Å². The number of amides is 1. The molecule has 0 bridgehead atoms. The summed E-state index contributed by atoms with van der Waals surface area (Å²) in [4.78, 5) is 32.4. The highest BCUT2D eigenvalue weighted by molar-refractivity contribution is 7.99. The largest absolute Gasteiger partial charge is 0.492 e. The lowest BCUT2D eigenvalue weighted by atomic mass is 10.2. The van der Waals surface area contributed by atoms with E-state index in [9.17, 15) is 9.59 Å². The van der Waals surface area contributed by atoms with Crippen LogP contribution in [0.3, 0.4) is 0 Å². The van der Waals surface area contributed by atoms with Crippen LogP contribution in [0.5, 0.6) is 5.75 Å². The molecule has 0 spiro atoms. The van der Waals surface area contributed by atoms with Gasteiger partial charge in [-0.05, 0) is 58.3 Å². The van der Waals surface area contributed by atoms with Gasteiger partial charge in [-0.1, -0.05) is 36.0 Å². The average molecular weight is 441 g/mol. The quantitative estimate of drug-likeness (QED) is 0.384. The summed E-state index contributed by atoms with van der Waals surface area (Å²) >= 11 is 1.27. The smallest absolute Gasteiger partial charge is 0.262 e. The fourth-order valence-electron chi connectivity index (χ4n) is 3.17. The first-order chi connectivity index (χ1) is 15.0. The number of thioether (sulfide) groups is 1. The van der Waals surface area contributed by atoms with Gasteiger partial charge in [0.2, 0.25) is 5.91 Å². The Bertz CT molecular complexity index is 1100. The van der Waals surface area contributed by atoms with Gasteiger partial charge in [-0.3, -0.25) is 14.2 Å². The van der Waals surface area contributed by atoms with Crippen molar-refractivity contribution in [1.29, 1.82) is 0 Å². The minimum absolute atomic E-state index is 0.0750. The van der Waals surface area contributed by atoms with Gasteiger partial charge in [0.05, 0.1) is 29.0 Å². The van der Waals surface area contributed by atoms with Crippen molar-refractivity contribution in [2.24, 2.45) is 0 Å². The van der Waals surface area contributed by atoms with E-state index in [0.29, 0.717) is 40.6 Å². The Morgan fingerprint density at radius 3 is 2.68 bits per heavy atom. The third-order valence-electron chi connectivity index (χ3n) is 4.61. The molecule has 0 saturated heterocycles. The third kappa shape index (κ3) is 6.08. The number of rotatable bonds is 10. The summed E-state index contributed by atoms with van der Waals surface area (Å²) in [6, 6.07) is 14.6. The Kier molecular flexibility index (Phi) is 8.08. The van der Waals surface area contributed by atoms with Crippen molar-refractivity contribution in [3.05, 3.63) is 58.9 Å². The number of fused-ring (bicyclic) bond motifs is 1. The van der Waals surface area contributed by atoms with Gasteiger partial charge in [-0.2, -0.15) is 0 Å². The summed E-state index contributed by atoms with van der Waals surface area (Å²) in [7, 11) is 4.00. The van der Waals surface area contributed by atoms with Gasteiger partial charge in [0.25, 0.3) is 5.56 Å². The summed E-state index contributed by atoms with van der Waals surface area (Å²) in [5, 5.41) is 4.03. The standard InChI is InChI=1S/C23H28N4O3S/c1-4-30-20-13-8-7-12-19(20)24-21(28)16-31-23-25-18-11-6-5-10-17(18)22(29)27(23)15-9-14-26(2)3/h5-8,10-13H,4,9,14-16H2,1-3H3,(H,24,28). The Morgan fingerprint density at radius 2 is 1.90 bits per heavy atom. The van der Waals surface area contributed by atoms with Crippen LogP contribution in [0.1, 0.15) is 13.3 Å². The van der Waals surface area contributed by atoms with E-state index in [-0.39, 0.29) is 17.2 Å². The molecule has 0 atom stereocenters. The van der Waals surface area contributed by atoms with E-state index in [1.807, 2.05) is 57.4 Å². The number of ether oxygens (including phenoxy) is 1. The van der Waals surface area contributed by atoms with Gasteiger partial charge >= 0.3 is 0 Å². The molecule has 0 fully saturated rings. The number of hydrogen-bond donors (Lipinski definition) is 1. The van der Waals surface area contributed by atoms with Crippen LogP contribution in [0, 0.1) is 0 Å². The van der Waals surface area contributed by atoms with E-state index >= 15 is 0 Å². The highest BCUT2D eigenvalue weighted by atomic mass is 32.2. The van der Waals surface area contributed by atoms with E-state index in [2.05, 4.69) is 15.2 Å². The molecule has 1 heterocycles. The molecule has 0 radical (unpaired) electrons. The van der Waals surface area contributed by atoms with Crippen LogP contribution in [0.2, 0.25) is 0 Å². The zero-order chi connectivity index (χ0) is 22.2. The lowest BCUT2D eigenvalue weighted by Crippen LogP contribution is -2.26. The highest BCUT2D eigenvalue weighted by Crippen LogP contribution is 2.24. The molecule has 1 aromatic heterocycles. The van der Waals surface area contributed by atoms with Gasteiger partial charge in [0, 0.05) is 6.54 Å². The van der Waals surface area contributed by atoms with Gasteiger partial charge in [-0.25, -0.2) is 4.98 Å². The Hall–Kier alpha value is -2.84. The zero-order valence-corrected chi connectivity index (χ0v) is 18.9. The molecule has 0 aliphatic heterocycles. The first-order valence-corrected chi connectivity index (χ1v) is 11.3. The lowest BCUT2D eigenvalue weighted by molar-refractivity contribution is -0.113. The Balaban J connectivity index is 1.78. The van der Waals surface area contributed by atoms with Gasteiger partial charge in [0.1, 0.15) is 5.75 Å². The van der Waals surface area contributed by atoms with E-state index in [4.69, 9.17) is 4.74 Å². The topological polar surface area (TPSA) is 76.5 Å². The number of nitrogens with one attached hydrogen (secondary N) is 1. The fraction of sp³-hybridized carbons (Fsp3) is 0.348. The molecule has 3 aromatic rings. The van der Waals surface area contributed by atoms with Crippen molar-refractivity contribution in [1.82, 2.24) is 14.5 Å². The van der Waals surface area contributed by atoms with Crippen LogP contribution in [0.15, 0.2) is 58.5 Å². The molecule has 31 heavy (non-hydrogen) atoms. The normalized spacial score (nSPS) is 11.1. The first kappa shape index (κ1) is 22.8. The van der Waals surface area contributed by atoms with Crippen molar-refractivity contribution in [2.75, 3.05) is 38.3 Å². The minimum Gasteiger partial charge on any atom is -0.492 e. The number of hydrogen-bond acceptors (Lipinski definition) is 6. The summed E-state index contributed by atoms with van der Waals surface area (Å²) in [6.07, 6.45) is 0.814. The third-order valence-corrected chi connectivity index (χ3v) is 5.58. The lowest BCUT2D eigenvalue weighted by Gasteiger charge is -2.15. The van der Waals surface area contributed by atoms with Crippen molar-refractivity contribution in [3.8, 4) is 5.75 Å². The second-order valence-electron chi connectivity index (χ2n) is 7.29. The predicted molar refractivity (Wildman–Crippen MR) is 126 cm³/mol. The van der Waals surface area contributed by atoms with Gasteiger partial charge in [-0.15, -0.1) is 0 Å². The number of carbonyl (C=O) groups excluding carboxylic acids is 1. The van der Waals surface area contributed by atoms with E-state index in [0.717, 1.165) is 13.0 Å². The predicted octanol–water partition coefficient (Wildman–Crippen LogP) is 3.48. The SMILES string of the molecule is CCOc1ccccc1NC(=O)CSc1nc2ccccc2c(=O)n1CCCN(C)C. The highest BCUT2D eigenvalue weighted by Gasteiger charge is 2.14. The summed E-state index contributed by atoms with van der Waals surface area (Å²) in [5.41, 5.74) is 1.19. The van der Waals surface area contributed by atoms with E-state index in [1.54, 1.807) is 16.7 Å². The molecule has 1 N–H and O–H groups in total. The Labute approximate surface area is 186 Å². The van der Waals surface area contributed by atoms with Gasteiger partial charge in [0.15, 0.2) is 5.16 Å². The summed E-state index contributed by atoms with van der Waals surface area (Å²) in [6.45, 7) is 3.82. The van der Waals surface area contributed by atoms with E-state index < -0.39 is 0 Å². The molecular formula is C23H28N4O3S. The molecule has 3 rings (SSSR count). The zero-order valence-electron chi connectivity index (χ0n) is 18.1. The summed E-state index contributed by atoms with van der Waals surface area (Å²) < 4.78 is 7.24. The average Bonchev–Trinajstić information content (AvgIpc) is 2.75. The van der Waals surface area contributed by atoms with E-state index in [1.165, 1.54) is 11.8 Å². The molecule has 0 unspecified atom stereocenters. The number of anilines is 1. The number of benzene rings is 2. The summed E-state index contributed by atoms with van der Waals surface area (Å²) in [5.74, 6) is 0.589. The number of carbonyl (C=O) groups is 1. The molecule has 164 valence electrons. The molecule has 7 nitrogen and oxygen atoms in total. The van der Waals surface area contributed by atoms with Crippen LogP contribution in [-0.2, 0) is 11.3 Å². The van der Waals surface area contributed by atoms with Crippen LogP contribution in [0.4, 0.5) is 5.69 Å². The first-order valence-electron chi connectivity index (χ1n) is 10.3. The monoisotopic (exact) mass is 440 g/mol. The van der Waals surface area contributed by atoms with Gasteiger partial charge < -0.3 is 15.0 Å². The second-order valence-corrected chi connectivity index (χ2v) is 8.23. The maximum absolute atomic E-state index is 13.1. The molecular weight excluding hydrogens is 412 g/mol. The van der Waals surface area contributed by atoms with Crippen molar-refractivity contribution in [3.63, 3.8) is 0 Å². The number of nitrogens with zero attached hydrogens (tertiary/aromatic N) is 3. The molecule has 2 aromatic carbocycles. The second kappa shape index (κ2) is 11.0. The van der Waals surface area contributed by atoms with Crippen molar-refractivity contribution < 1.29 is 9.53 Å². The molecule has 0 saturated carbocycles. The van der Waals surface area contributed by atoms with Crippen LogP contribution >= 0.6 is 11.8 Å². The molecule has 0 aliphatic rings. The number of aromatic nitrogens is 2.